The fraction of sp³-hybridized carbons (Fsp3) is 1.00. The Bertz CT molecular complexity index is 700. The fourth-order valence-corrected chi connectivity index (χ4v) is 5.36. The van der Waals surface area contributed by atoms with Gasteiger partial charge in [0.1, 0.15) is 73.2 Å². The number of phosphoric acid groups is 1. The molecular formula is C18H33O19P. The number of ether oxygens (including phenoxy) is 3. The Hall–Kier alpha value is -0.490. The number of hydrogen-bond acceptors (Lipinski definition) is 19. The van der Waals surface area contributed by atoms with Crippen LogP contribution in [0.3, 0.4) is 0 Å². The second-order valence-corrected chi connectivity index (χ2v) is 10.4. The van der Waals surface area contributed by atoms with Crippen LogP contribution in [0, 0.1) is 0 Å². The van der Waals surface area contributed by atoms with Crippen molar-refractivity contribution in [3.63, 3.8) is 0 Å². The van der Waals surface area contributed by atoms with E-state index in [0.29, 0.717) is 0 Å². The molecule has 3 fully saturated rings. The normalized spacial score (nSPS) is 49.9. The third-order valence-electron chi connectivity index (χ3n) is 6.24. The van der Waals surface area contributed by atoms with E-state index in [-0.39, 0.29) is 0 Å². The molecule has 3 rings (SSSR count). The Morgan fingerprint density at radius 2 is 0.684 bits per heavy atom. The summed E-state index contributed by atoms with van der Waals surface area (Å²) in [6, 6.07) is 0. The molecule has 0 aromatic rings. The van der Waals surface area contributed by atoms with Crippen LogP contribution in [0.25, 0.3) is 0 Å². The van der Waals surface area contributed by atoms with Gasteiger partial charge in [-0.05, 0) is 0 Å². The van der Waals surface area contributed by atoms with E-state index in [2.05, 4.69) is 0 Å². The van der Waals surface area contributed by atoms with Gasteiger partial charge in [0.25, 0.3) is 0 Å². The largest absolute Gasteiger partial charge is 0.482 e. The molecule has 0 bridgehead atoms. The molecule has 0 saturated carbocycles. The lowest BCUT2D eigenvalue weighted by Gasteiger charge is -2.44. The topological polar surface area (TPSA) is 315 Å². The molecule has 0 aromatic heterocycles. The van der Waals surface area contributed by atoms with E-state index in [1.807, 2.05) is 0 Å². The first kappa shape index (κ1) is 32.0. The Morgan fingerprint density at radius 3 is 0.895 bits per heavy atom. The maximum Gasteiger partial charge on any atom is 0.482 e. The summed E-state index contributed by atoms with van der Waals surface area (Å²) in [5, 5.41) is 119. The Morgan fingerprint density at radius 1 is 0.447 bits per heavy atom. The van der Waals surface area contributed by atoms with Crippen molar-refractivity contribution in [2.75, 3.05) is 19.8 Å². The summed E-state index contributed by atoms with van der Waals surface area (Å²) in [5.74, 6) is 0. The number of aliphatic hydroxyl groups excluding tert-OH is 12. The first-order valence-corrected chi connectivity index (χ1v) is 12.8. The molecule has 3 aliphatic heterocycles. The Labute approximate surface area is 214 Å². The van der Waals surface area contributed by atoms with E-state index in [9.17, 15) is 65.8 Å². The fourth-order valence-electron chi connectivity index (χ4n) is 3.92. The predicted octanol–water partition coefficient (Wildman–Crippen LogP) is -7.46. The molecular weight excluding hydrogens is 551 g/mol. The highest BCUT2D eigenvalue weighted by Crippen LogP contribution is 2.56. The van der Waals surface area contributed by atoms with Gasteiger partial charge in [-0.3, -0.25) is 13.6 Å². The second kappa shape index (κ2) is 13.0. The van der Waals surface area contributed by atoms with Gasteiger partial charge < -0.3 is 75.5 Å². The number of rotatable bonds is 9. The maximum absolute atomic E-state index is 13.7. The highest BCUT2D eigenvalue weighted by molar-refractivity contribution is 7.48. The standard InChI is InChI=1S/C18H33O19P/c19-1-4-7(22)10(25)13(28)16(32-4)35-38(31,36-17-14(29)11(26)8(23)5(2-20)33-17)37-18-15(30)12(27)9(24)6(3-21)34-18/h4-30H,1-3H2. The molecule has 20 heteroatoms. The molecule has 0 radical (unpaired) electrons. The van der Waals surface area contributed by atoms with Crippen molar-refractivity contribution < 1.29 is 93.6 Å². The van der Waals surface area contributed by atoms with Gasteiger partial charge in [0.05, 0.1) is 19.8 Å². The molecule has 3 heterocycles. The molecule has 0 spiro atoms. The molecule has 224 valence electrons. The van der Waals surface area contributed by atoms with E-state index in [0.717, 1.165) is 0 Å². The van der Waals surface area contributed by atoms with Crippen LogP contribution in [0.15, 0.2) is 0 Å². The maximum atomic E-state index is 13.7. The highest BCUT2D eigenvalue weighted by atomic mass is 31.2. The van der Waals surface area contributed by atoms with E-state index in [1.165, 1.54) is 0 Å². The smallest absolute Gasteiger partial charge is 0.394 e. The van der Waals surface area contributed by atoms with Gasteiger partial charge in [-0.25, -0.2) is 4.57 Å². The monoisotopic (exact) mass is 584 g/mol. The Kier molecular flexibility index (Phi) is 11.0. The molecule has 3 aliphatic rings. The quantitative estimate of drug-likeness (QED) is 0.112. The van der Waals surface area contributed by atoms with E-state index >= 15 is 0 Å². The molecule has 19 nitrogen and oxygen atoms in total. The van der Waals surface area contributed by atoms with Crippen LogP contribution in [0.1, 0.15) is 0 Å². The van der Waals surface area contributed by atoms with Gasteiger partial charge in [0.15, 0.2) is 18.9 Å². The minimum Gasteiger partial charge on any atom is -0.394 e. The number of phosphoric ester groups is 1. The van der Waals surface area contributed by atoms with E-state index < -0.39 is 120 Å². The molecule has 3 saturated heterocycles. The third kappa shape index (κ3) is 6.52. The molecule has 38 heavy (non-hydrogen) atoms. The minimum absolute atomic E-state index is 0.920. The summed E-state index contributed by atoms with van der Waals surface area (Å²) in [6.07, 6.45) is -29.5. The van der Waals surface area contributed by atoms with Crippen LogP contribution >= 0.6 is 7.82 Å². The summed E-state index contributed by atoms with van der Waals surface area (Å²) in [4.78, 5) is 0. The zero-order valence-electron chi connectivity index (χ0n) is 19.5. The predicted molar refractivity (Wildman–Crippen MR) is 112 cm³/mol. The summed E-state index contributed by atoms with van der Waals surface area (Å²) in [5.41, 5.74) is 0. The first-order chi connectivity index (χ1) is 17.8. The molecule has 15 atom stereocenters. The van der Waals surface area contributed by atoms with Crippen LogP contribution < -0.4 is 0 Å². The van der Waals surface area contributed by atoms with Crippen molar-refractivity contribution in [3.8, 4) is 0 Å². The molecule has 0 amide bonds. The van der Waals surface area contributed by atoms with Gasteiger partial charge in [-0.15, -0.1) is 0 Å². The van der Waals surface area contributed by atoms with E-state index in [4.69, 9.17) is 27.8 Å². The summed E-state index contributed by atoms with van der Waals surface area (Å²) in [7, 11) is -5.46. The molecule has 0 aliphatic carbocycles. The number of hydrogen-bond donors (Lipinski definition) is 12. The molecule has 15 unspecified atom stereocenters. The van der Waals surface area contributed by atoms with Crippen molar-refractivity contribution in [1.29, 1.82) is 0 Å². The van der Waals surface area contributed by atoms with Gasteiger partial charge in [0.2, 0.25) is 0 Å². The molecule has 0 aromatic carbocycles. The van der Waals surface area contributed by atoms with Crippen LogP contribution in [0.5, 0.6) is 0 Å². The van der Waals surface area contributed by atoms with Crippen LogP contribution in [-0.4, -0.2) is 173 Å². The lowest BCUT2D eigenvalue weighted by molar-refractivity contribution is -0.311. The average molecular weight is 584 g/mol. The van der Waals surface area contributed by atoms with Crippen molar-refractivity contribution >= 4 is 7.82 Å². The number of aliphatic hydroxyl groups is 12. The van der Waals surface area contributed by atoms with Crippen LogP contribution in [0.4, 0.5) is 0 Å². The summed E-state index contributed by atoms with van der Waals surface area (Å²) >= 11 is 0. The molecule has 12 N–H and O–H groups in total. The van der Waals surface area contributed by atoms with Gasteiger partial charge in [-0.1, -0.05) is 0 Å². The van der Waals surface area contributed by atoms with Crippen molar-refractivity contribution in [2.45, 2.75) is 92.1 Å². The summed E-state index contributed by atoms with van der Waals surface area (Å²) in [6.45, 7) is -2.76. The van der Waals surface area contributed by atoms with Crippen molar-refractivity contribution in [2.24, 2.45) is 0 Å². The van der Waals surface area contributed by atoms with Gasteiger partial charge in [0, 0.05) is 0 Å². The van der Waals surface area contributed by atoms with Crippen LogP contribution in [-0.2, 0) is 32.3 Å². The van der Waals surface area contributed by atoms with Gasteiger partial charge >= 0.3 is 7.82 Å². The van der Waals surface area contributed by atoms with Crippen molar-refractivity contribution in [1.82, 2.24) is 0 Å². The Balaban J connectivity index is 1.91. The third-order valence-corrected chi connectivity index (χ3v) is 7.64. The van der Waals surface area contributed by atoms with Crippen molar-refractivity contribution in [3.05, 3.63) is 0 Å². The van der Waals surface area contributed by atoms with E-state index in [1.54, 1.807) is 0 Å². The van der Waals surface area contributed by atoms with Crippen LogP contribution in [0.2, 0.25) is 0 Å². The zero-order valence-corrected chi connectivity index (χ0v) is 20.3. The van der Waals surface area contributed by atoms with Gasteiger partial charge in [-0.2, -0.15) is 0 Å². The second-order valence-electron chi connectivity index (χ2n) is 8.86. The first-order valence-electron chi connectivity index (χ1n) is 11.3. The lowest BCUT2D eigenvalue weighted by atomic mass is 9.99. The summed E-state index contributed by atoms with van der Waals surface area (Å²) < 4.78 is 44.2. The average Bonchev–Trinajstić information content (AvgIpc) is 2.89. The highest BCUT2D eigenvalue weighted by Gasteiger charge is 2.54. The zero-order chi connectivity index (χ0) is 28.5. The minimum atomic E-state index is -5.46. The lowest BCUT2D eigenvalue weighted by Crippen LogP contribution is -2.60. The SMILES string of the molecule is O=P(OC1OC(CO)C(O)C(O)C1O)(OC1OC(CO)C(O)C(O)C1O)OC1OC(CO)C(O)C(O)C1O.